The molecular formula is C11H19ClN4O. The molecule has 96 valence electrons. The molecule has 5 nitrogen and oxygen atoms in total. The number of hydrogen-bond acceptors (Lipinski definition) is 4. The van der Waals surface area contributed by atoms with Crippen molar-refractivity contribution in [2.75, 3.05) is 31.5 Å². The molecule has 0 amide bonds. The molecule has 0 aliphatic heterocycles. The molecule has 1 heterocycles. The maximum atomic E-state index is 11.2. The van der Waals surface area contributed by atoms with Crippen LogP contribution in [0.15, 0.2) is 11.1 Å². The zero-order valence-electron chi connectivity index (χ0n) is 10.3. The molecule has 0 spiro atoms. The maximum absolute atomic E-state index is 11.2. The Morgan fingerprint density at radius 2 is 2.18 bits per heavy atom. The summed E-state index contributed by atoms with van der Waals surface area (Å²) in [4.78, 5) is 19.9. The third-order valence-electron chi connectivity index (χ3n) is 2.63. The van der Waals surface area contributed by atoms with Gasteiger partial charge in [0.2, 0.25) is 0 Å². The second-order valence-electron chi connectivity index (χ2n) is 3.70. The summed E-state index contributed by atoms with van der Waals surface area (Å²) in [5, 5.41) is 3.19. The Hall–Kier alpha value is -1.07. The minimum Gasteiger partial charge on any atom is -0.369 e. The molecule has 0 saturated heterocycles. The maximum Gasteiger partial charge on any atom is 0.271 e. The van der Waals surface area contributed by atoms with Crippen molar-refractivity contribution in [3.63, 3.8) is 0 Å². The molecule has 1 aromatic rings. The average molecular weight is 259 g/mol. The van der Waals surface area contributed by atoms with E-state index in [2.05, 4.69) is 34.0 Å². The zero-order chi connectivity index (χ0) is 12.7. The summed E-state index contributed by atoms with van der Waals surface area (Å²) in [6.45, 7) is 8.19. The van der Waals surface area contributed by atoms with Gasteiger partial charge in [0.15, 0.2) is 5.82 Å². The molecule has 17 heavy (non-hydrogen) atoms. The van der Waals surface area contributed by atoms with Crippen LogP contribution in [0.25, 0.3) is 0 Å². The van der Waals surface area contributed by atoms with E-state index in [-0.39, 0.29) is 10.6 Å². The van der Waals surface area contributed by atoms with E-state index in [1.807, 2.05) is 0 Å². The van der Waals surface area contributed by atoms with E-state index in [1.54, 1.807) is 0 Å². The molecule has 0 fully saturated rings. The third-order valence-corrected chi connectivity index (χ3v) is 2.99. The quantitative estimate of drug-likeness (QED) is 0.729. The van der Waals surface area contributed by atoms with Gasteiger partial charge in [-0.2, -0.15) is 0 Å². The highest BCUT2D eigenvalue weighted by Gasteiger charge is 2.04. The van der Waals surface area contributed by atoms with Crippen LogP contribution in [0.2, 0.25) is 5.02 Å². The number of rotatable bonds is 7. The fraction of sp³-hybridized carbons (Fsp3) is 0.636. The summed E-state index contributed by atoms with van der Waals surface area (Å²) in [7, 11) is 0. The van der Waals surface area contributed by atoms with Gasteiger partial charge < -0.3 is 15.2 Å². The number of nitrogens with one attached hydrogen (secondary N) is 2. The molecule has 6 heteroatoms. The highest BCUT2D eigenvalue weighted by molar-refractivity contribution is 6.32. The van der Waals surface area contributed by atoms with Gasteiger partial charge in [-0.3, -0.25) is 4.79 Å². The first-order valence-corrected chi connectivity index (χ1v) is 6.26. The lowest BCUT2D eigenvalue weighted by molar-refractivity contribution is 0.303. The van der Waals surface area contributed by atoms with Crippen molar-refractivity contribution in [1.29, 1.82) is 0 Å². The highest BCUT2D eigenvalue weighted by Crippen LogP contribution is 2.11. The molecule has 1 rings (SSSR count). The van der Waals surface area contributed by atoms with E-state index in [4.69, 9.17) is 11.6 Å². The van der Waals surface area contributed by atoms with E-state index >= 15 is 0 Å². The standard InChI is InChI=1S/C11H19ClN4O/c1-3-16(4-2)7-5-6-13-10-9(12)11(17)15-8-14-10/h8H,3-7H2,1-2H3,(H2,13,14,15,17). The van der Waals surface area contributed by atoms with Crippen LogP contribution in [-0.4, -0.2) is 41.0 Å². The molecule has 0 unspecified atom stereocenters. The van der Waals surface area contributed by atoms with E-state index in [0.717, 1.165) is 32.6 Å². The lowest BCUT2D eigenvalue weighted by atomic mass is 10.3. The first kappa shape index (κ1) is 14.0. The smallest absolute Gasteiger partial charge is 0.271 e. The van der Waals surface area contributed by atoms with Crippen LogP contribution in [-0.2, 0) is 0 Å². The first-order valence-electron chi connectivity index (χ1n) is 5.88. The molecule has 0 aliphatic rings. The van der Waals surface area contributed by atoms with Gasteiger partial charge in [-0.25, -0.2) is 4.98 Å². The van der Waals surface area contributed by atoms with E-state index in [9.17, 15) is 4.79 Å². The van der Waals surface area contributed by atoms with Crippen molar-refractivity contribution in [3.8, 4) is 0 Å². The van der Waals surface area contributed by atoms with E-state index < -0.39 is 0 Å². The average Bonchev–Trinajstić information content (AvgIpc) is 2.34. The van der Waals surface area contributed by atoms with Crippen molar-refractivity contribution in [2.24, 2.45) is 0 Å². The zero-order valence-corrected chi connectivity index (χ0v) is 11.0. The third kappa shape index (κ3) is 4.36. The molecule has 0 aliphatic carbocycles. The second kappa shape index (κ2) is 7.29. The number of aromatic nitrogens is 2. The molecule has 0 aromatic carbocycles. The van der Waals surface area contributed by atoms with E-state index in [1.165, 1.54) is 6.33 Å². The monoisotopic (exact) mass is 258 g/mol. The lowest BCUT2D eigenvalue weighted by Crippen LogP contribution is -2.25. The Morgan fingerprint density at radius 3 is 2.82 bits per heavy atom. The van der Waals surface area contributed by atoms with Crippen molar-refractivity contribution in [2.45, 2.75) is 20.3 Å². The second-order valence-corrected chi connectivity index (χ2v) is 4.08. The molecule has 0 bridgehead atoms. The summed E-state index contributed by atoms with van der Waals surface area (Å²) in [5.74, 6) is 0.454. The number of aromatic amines is 1. The van der Waals surface area contributed by atoms with Crippen molar-refractivity contribution in [1.82, 2.24) is 14.9 Å². The van der Waals surface area contributed by atoms with Crippen LogP contribution >= 0.6 is 11.6 Å². The van der Waals surface area contributed by atoms with Gasteiger partial charge >= 0.3 is 0 Å². The summed E-state index contributed by atoms with van der Waals surface area (Å²) >= 11 is 5.81. The highest BCUT2D eigenvalue weighted by atomic mass is 35.5. The number of anilines is 1. The van der Waals surface area contributed by atoms with Gasteiger partial charge in [-0.05, 0) is 26.1 Å². The number of hydrogen-bond donors (Lipinski definition) is 2. The Kier molecular flexibility index (Phi) is 6.00. The summed E-state index contributed by atoms with van der Waals surface area (Å²) < 4.78 is 0. The fourth-order valence-electron chi connectivity index (χ4n) is 1.56. The normalized spacial score (nSPS) is 10.8. The van der Waals surface area contributed by atoms with Crippen LogP contribution in [0.3, 0.4) is 0 Å². The fourth-order valence-corrected chi connectivity index (χ4v) is 1.73. The Bertz CT molecular complexity index is 389. The predicted molar refractivity (Wildman–Crippen MR) is 70.8 cm³/mol. The number of nitrogens with zero attached hydrogens (tertiary/aromatic N) is 2. The number of H-pyrrole nitrogens is 1. The Balaban J connectivity index is 2.36. The largest absolute Gasteiger partial charge is 0.369 e. The van der Waals surface area contributed by atoms with Gasteiger partial charge in [-0.1, -0.05) is 25.4 Å². The summed E-state index contributed by atoms with van der Waals surface area (Å²) in [6.07, 6.45) is 2.34. The van der Waals surface area contributed by atoms with Crippen molar-refractivity contribution < 1.29 is 0 Å². The predicted octanol–water partition coefficient (Wildman–Crippen LogP) is 1.57. The minimum atomic E-state index is -0.312. The Labute approximate surface area is 106 Å². The van der Waals surface area contributed by atoms with Gasteiger partial charge in [0.05, 0.1) is 6.33 Å². The molecule has 2 N–H and O–H groups in total. The van der Waals surface area contributed by atoms with Crippen molar-refractivity contribution >= 4 is 17.4 Å². The first-order chi connectivity index (χ1) is 8.19. The van der Waals surface area contributed by atoms with Crippen LogP contribution < -0.4 is 10.9 Å². The minimum absolute atomic E-state index is 0.121. The van der Waals surface area contributed by atoms with Crippen molar-refractivity contribution in [3.05, 3.63) is 21.7 Å². The van der Waals surface area contributed by atoms with Gasteiger partial charge in [0.1, 0.15) is 5.02 Å². The van der Waals surface area contributed by atoms with Gasteiger partial charge in [0, 0.05) is 6.54 Å². The van der Waals surface area contributed by atoms with Gasteiger partial charge in [0.25, 0.3) is 5.56 Å². The van der Waals surface area contributed by atoms with E-state index in [0.29, 0.717) is 5.82 Å². The molecule has 0 atom stereocenters. The topological polar surface area (TPSA) is 61.0 Å². The van der Waals surface area contributed by atoms with Crippen LogP contribution in [0.5, 0.6) is 0 Å². The summed E-state index contributed by atoms with van der Waals surface area (Å²) in [5.41, 5.74) is -0.312. The lowest BCUT2D eigenvalue weighted by Gasteiger charge is -2.17. The SMILES string of the molecule is CCN(CC)CCCNc1nc[nH]c(=O)c1Cl. The molecule has 0 radical (unpaired) electrons. The Morgan fingerprint density at radius 1 is 1.47 bits per heavy atom. The summed E-state index contributed by atoms with van der Waals surface area (Å²) in [6, 6.07) is 0. The number of halogens is 1. The molecule has 1 aromatic heterocycles. The van der Waals surface area contributed by atoms with Crippen LogP contribution in [0.4, 0.5) is 5.82 Å². The van der Waals surface area contributed by atoms with Crippen LogP contribution in [0.1, 0.15) is 20.3 Å². The van der Waals surface area contributed by atoms with Gasteiger partial charge in [-0.15, -0.1) is 0 Å². The van der Waals surface area contributed by atoms with Crippen LogP contribution in [0, 0.1) is 0 Å². The molecular weight excluding hydrogens is 240 g/mol. The molecule has 0 saturated carbocycles.